The lowest BCUT2D eigenvalue weighted by Crippen LogP contribution is -1.86. The van der Waals surface area contributed by atoms with Crippen LogP contribution >= 0.6 is 23.4 Å². The second-order valence-corrected chi connectivity index (χ2v) is 5.49. The van der Waals surface area contributed by atoms with Crippen LogP contribution in [0.1, 0.15) is 12.5 Å². The number of nitrogens with zero attached hydrogens (tertiary/aromatic N) is 1. The number of aryl methyl sites for hydroxylation is 1. The highest BCUT2D eigenvalue weighted by Gasteiger charge is 2.07. The number of nitro benzene ring substituents is 1. The van der Waals surface area contributed by atoms with Crippen molar-refractivity contribution in [3.63, 3.8) is 0 Å². The second-order valence-electron chi connectivity index (χ2n) is 3.97. The third kappa shape index (κ3) is 3.49. The Kier molecular flexibility index (Phi) is 4.45. The van der Waals surface area contributed by atoms with E-state index in [1.165, 1.54) is 29.5 Å². The number of benzene rings is 2. The molecule has 0 heterocycles. The zero-order valence-corrected chi connectivity index (χ0v) is 11.9. The fourth-order valence-corrected chi connectivity index (χ4v) is 2.75. The zero-order valence-electron chi connectivity index (χ0n) is 10.3. The van der Waals surface area contributed by atoms with Gasteiger partial charge in [0.05, 0.1) is 9.95 Å². The number of nitro groups is 1. The quantitative estimate of drug-likeness (QED) is 0.591. The van der Waals surface area contributed by atoms with Crippen molar-refractivity contribution in [2.45, 2.75) is 23.1 Å². The van der Waals surface area contributed by atoms with Crippen molar-refractivity contribution in [2.75, 3.05) is 0 Å². The van der Waals surface area contributed by atoms with Gasteiger partial charge in [-0.2, -0.15) is 0 Å². The van der Waals surface area contributed by atoms with Crippen LogP contribution in [0.4, 0.5) is 5.69 Å². The summed E-state index contributed by atoms with van der Waals surface area (Å²) in [6.07, 6.45) is 0.947. The van der Waals surface area contributed by atoms with E-state index in [1.54, 1.807) is 12.1 Å². The third-order valence-electron chi connectivity index (χ3n) is 2.68. The predicted molar refractivity (Wildman–Crippen MR) is 78.0 cm³/mol. The zero-order chi connectivity index (χ0) is 13.8. The number of halogens is 1. The van der Waals surface area contributed by atoms with E-state index in [2.05, 4.69) is 6.92 Å². The Hall–Kier alpha value is -1.52. The van der Waals surface area contributed by atoms with Crippen LogP contribution in [0.2, 0.25) is 5.02 Å². The van der Waals surface area contributed by atoms with Gasteiger partial charge in [-0.1, -0.05) is 36.4 Å². The molecule has 0 saturated carbocycles. The van der Waals surface area contributed by atoms with Crippen LogP contribution in [-0.4, -0.2) is 4.92 Å². The van der Waals surface area contributed by atoms with Gasteiger partial charge in [0.25, 0.3) is 5.69 Å². The molecule has 0 radical (unpaired) electrons. The Morgan fingerprint density at radius 1 is 1.21 bits per heavy atom. The van der Waals surface area contributed by atoms with E-state index in [0.29, 0.717) is 5.02 Å². The van der Waals surface area contributed by atoms with Crippen LogP contribution in [0, 0.1) is 10.1 Å². The predicted octanol–water partition coefficient (Wildman–Crippen LogP) is 4.96. The number of rotatable bonds is 4. The van der Waals surface area contributed by atoms with Gasteiger partial charge in [0.1, 0.15) is 0 Å². The molecule has 98 valence electrons. The molecule has 0 amide bonds. The van der Waals surface area contributed by atoms with E-state index in [1.807, 2.05) is 18.2 Å². The molecule has 0 spiro atoms. The number of hydrogen-bond donors (Lipinski definition) is 0. The smallest absolute Gasteiger partial charge is 0.258 e. The second kappa shape index (κ2) is 6.08. The van der Waals surface area contributed by atoms with Crippen LogP contribution in [0.25, 0.3) is 0 Å². The summed E-state index contributed by atoms with van der Waals surface area (Å²) in [7, 11) is 0. The van der Waals surface area contributed by atoms with Crippen molar-refractivity contribution in [3.05, 3.63) is 63.2 Å². The van der Waals surface area contributed by atoms with Crippen LogP contribution in [0.5, 0.6) is 0 Å². The van der Waals surface area contributed by atoms with Crippen LogP contribution in [-0.2, 0) is 6.42 Å². The maximum absolute atomic E-state index is 10.6. The van der Waals surface area contributed by atoms with Gasteiger partial charge in [0, 0.05) is 21.9 Å². The molecule has 2 rings (SSSR count). The first-order chi connectivity index (χ1) is 9.10. The first-order valence-electron chi connectivity index (χ1n) is 5.81. The normalized spacial score (nSPS) is 10.4. The van der Waals surface area contributed by atoms with Gasteiger partial charge >= 0.3 is 0 Å². The summed E-state index contributed by atoms with van der Waals surface area (Å²) in [5.41, 5.74) is 1.29. The largest absolute Gasteiger partial charge is 0.269 e. The standard InChI is InChI=1S/C14H12ClNO2S/c1-2-10-3-8-14(13(15)9-10)19-12-6-4-11(5-7-12)16(17)18/h3-9H,2H2,1H3. The highest BCUT2D eigenvalue weighted by atomic mass is 35.5. The molecule has 0 aromatic heterocycles. The maximum Gasteiger partial charge on any atom is 0.269 e. The van der Waals surface area contributed by atoms with Crippen LogP contribution in [0.3, 0.4) is 0 Å². The Morgan fingerprint density at radius 2 is 1.89 bits per heavy atom. The van der Waals surface area contributed by atoms with Crippen LogP contribution < -0.4 is 0 Å². The van der Waals surface area contributed by atoms with E-state index in [-0.39, 0.29) is 5.69 Å². The number of non-ortho nitro benzene ring substituents is 1. The molecule has 19 heavy (non-hydrogen) atoms. The Bertz CT molecular complexity index is 599. The van der Waals surface area contributed by atoms with Gasteiger partial charge < -0.3 is 0 Å². The summed E-state index contributed by atoms with van der Waals surface area (Å²) < 4.78 is 0. The topological polar surface area (TPSA) is 43.1 Å². The minimum absolute atomic E-state index is 0.0942. The van der Waals surface area contributed by atoms with Crippen molar-refractivity contribution in [1.29, 1.82) is 0 Å². The Morgan fingerprint density at radius 3 is 2.42 bits per heavy atom. The summed E-state index contributed by atoms with van der Waals surface area (Å²) >= 11 is 7.71. The van der Waals surface area contributed by atoms with Crippen molar-refractivity contribution in [1.82, 2.24) is 0 Å². The van der Waals surface area contributed by atoms with Gasteiger partial charge in [0.15, 0.2) is 0 Å². The lowest BCUT2D eigenvalue weighted by atomic mass is 10.2. The molecule has 3 nitrogen and oxygen atoms in total. The summed E-state index contributed by atoms with van der Waals surface area (Å²) in [4.78, 5) is 12.0. The average Bonchev–Trinajstić information content (AvgIpc) is 2.41. The van der Waals surface area contributed by atoms with Crippen molar-refractivity contribution in [3.8, 4) is 0 Å². The van der Waals surface area contributed by atoms with E-state index < -0.39 is 4.92 Å². The van der Waals surface area contributed by atoms with Crippen LogP contribution in [0.15, 0.2) is 52.3 Å². The molecular formula is C14H12ClNO2S. The van der Waals surface area contributed by atoms with E-state index >= 15 is 0 Å². The molecule has 2 aromatic carbocycles. The van der Waals surface area contributed by atoms with Gasteiger partial charge in [-0.3, -0.25) is 10.1 Å². The molecule has 0 saturated heterocycles. The van der Waals surface area contributed by atoms with Gasteiger partial charge in [0.2, 0.25) is 0 Å². The highest BCUT2D eigenvalue weighted by molar-refractivity contribution is 7.99. The first-order valence-corrected chi connectivity index (χ1v) is 7.00. The molecule has 0 N–H and O–H groups in total. The minimum Gasteiger partial charge on any atom is -0.258 e. The maximum atomic E-state index is 10.6. The lowest BCUT2D eigenvalue weighted by Gasteiger charge is -2.05. The molecule has 0 aliphatic heterocycles. The first kappa shape index (κ1) is 13.9. The summed E-state index contributed by atoms with van der Waals surface area (Å²) in [5, 5.41) is 11.3. The third-order valence-corrected chi connectivity index (χ3v) is 4.19. The fourth-order valence-electron chi connectivity index (χ4n) is 1.61. The molecule has 0 aliphatic carbocycles. The number of hydrogen-bond acceptors (Lipinski definition) is 3. The monoisotopic (exact) mass is 293 g/mol. The fraction of sp³-hybridized carbons (Fsp3) is 0.143. The molecule has 0 unspecified atom stereocenters. The molecule has 0 aliphatic rings. The van der Waals surface area contributed by atoms with E-state index in [4.69, 9.17) is 11.6 Å². The molecule has 5 heteroatoms. The Labute approximate surface area is 120 Å². The molecule has 2 aromatic rings. The minimum atomic E-state index is -0.405. The molecule has 0 atom stereocenters. The molecule has 0 fully saturated rings. The van der Waals surface area contributed by atoms with Crippen molar-refractivity contribution < 1.29 is 4.92 Å². The van der Waals surface area contributed by atoms with Gasteiger partial charge in [-0.05, 0) is 36.2 Å². The van der Waals surface area contributed by atoms with E-state index in [0.717, 1.165) is 16.2 Å². The summed E-state index contributed by atoms with van der Waals surface area (Å²) in [6.45, 7) is 2.08. The molecular weight excluding hydrogens is 282 g/mol. The Balaban J connectivity index is 2.19. The van der Waals surface area contributed by atoms with Crippen molar-refractivity contribution >= 4 is 29.1 Å². The SMILES string of the molecule is CCc1ccc(Sc2ccc([N+](=O)[O-])cc2)c(Cl)c1. The highest BCUT2D eigenvalue weighted by Crippen LogP contribution is 2.34. The summed E-state index contributed by atoms with van der Waals surface area (Å²) in [5.74, 6) is 0. The van der Waals surface area contributed by atoms with Gasteiger partial charge in [-0.25, -0.2) is 0 Å². The lowest BCUT2D eigenvalue weighted by molar-refractivity contribution is -0.384. The van der Waals surface area contributed by atoms with Crippen molar-refractivity contribution in [2.24, 2.45) is 0 Å². The van der Waals surface area contributed by atoms with Gasteiger partial charge in [-0.15, -0.1) is 0 Å². The molecule has 0 bridgehead atoms. The summed E-state index contributed by atoms with van der Waals surface area (Å²) in [6, 6.07) is 12.4. The van der Waals surface area contributed by atoms with E-state index in [9.17, 15) is 10.1 Å². The average molecular weight is 294 g/mol.